The number of hydrogen-bond acceptors (Lipinski definition) is 0. The maximum Gasteiger partial charge on any atom is 0.0299 e. The first-order valence-electron chi connectivity index (χ1n) is 6.55. The van der Waals surface area contributed by atoms with Crippen LogP contribution in [0.4, 0.5) is 0 Å². The molecule has 0 aliphatic heterocycles. The average Bonchev–Trinajstić information content (AvgIpc) is 2.51. The summed E-state index contributed by atoms with van der Waals surface area (Å²) < 4.78 is 3.81. The number of halogens is 3. The van der Waals surface area contributed by atoms with Gasteiger partial charge in [-0.05, 0) is 72.8 Å². The van der Waals surface area contributed by atoms with Gasteiger partial charge in [0.2, 0.25) is 0 Å². The van der Waals surface area contributed by atoms with Crippen molar-refractivity contribution in [3.8, 4) is 0 Å². The molecule has 0 heterocycles. The zero-order chi connectivity index (χ0) is 14.6. The fraction of sp³-hybridized carbons (Fsp3) is 0. The maximum absolute atomic E-state index is 3.71. The van der Waals surface area contributed by atoms with E-state index in [2.05, 4.69) is 116 Å². The summed E-state index contributed by atoms with van der Waals surface area (Å²) in [5.41, 5.74) is 0. The second-order valence-electron chi connectivity index (χ2n) is 5.00. The van der Waals surface area contributed by atoms with Gasteiger partial charge in [-0.25, -0.2) is 0 Å². The van der Waals surface area contributed by atoms with Crippen molar-refractivity contribution < 1.29 is 0 Å². The van der Waals surface area contributed by atoms with E-state index in [0.717, 1.165) is 4.47 Å². The molecule has 0 nitrogen and oxygen atoms in total. The number of benzene rings is 4. The Morgan fingerprint density at radius 3 is 2.14 bits per heavy atom. The summed E-state index contributed by atoms with van der Waals surface area (Å²) in [6, 6.07) is 19.5. The molecule has 0 atom stereocenters. The predicted molar refractivity (Wildman–Crippen MR) is 112 cm³/mol. The topological polar surface area (TPSA) is 0 Å². The van der Waals surface area contributed by atoms with Gasteiger partial charge in [0.1, 0.15) is 0 Å². The third-order valence-electron chi connectivity index (χ3n) is 3.85. The highest BCUT2D eigenvalue weighted by molar-refractivity contribution is 14.1. The van der Waals surface area contributed by atoms with Crippen molar-refractivity contribution in [2.24, 2.45) is 0 Å². The Kier molecular flexibility index (Phi) is 3.62. The van der Waals surface area contributed by atoms with Crippen LogP contribution < -0.4 is 0 Å². The highest BCUT2D eigenvalue weighted by atomic mass is 127. The Morgan fingerprint density at radius 2 is 1.29 bits per heavy atom. The minimum Gasteiger partial charge on any atom is -0.0616 e. The van der Waals surface area contributed by atoms with Gasteiger partial charge in [0.15, 0.2) is 0 Å². The van der Waals surface area contributed by atoms with E-state index >= 15 is 0 Å². The molecule has 102 valence electrons. The van der Waals surface area contributed by atoms with Crippen LogP contribution in [0.15, 0.2) is 59.1 Å². The molecule has 0 N–H and O–H groups in total. The van der Waals surface area contributed by atoms with Crippen molar-refractivity contribution in [2.75, 3.05) is 0 Å². The first-order chi connectivity index (χ1) is 10.2. The normalized spacial score (nSPS) is 11.6. The summed E-state index contributed by atoms with van der Waals surface area (Å²) in [6.07, 6.45) is 0. The molecule has 3 heteroatoms. The molecule has 0 aliphatic rings. The van der Waals surface area contributed by atoms with E-state index in [-0.39, 0.29) is 0 Å². The van der Waals surface area contributed by atoms with E-state index < -0.39 is 0 Å². The second kappa shape index (κ2) is 5.35. The van der Waals surface area contributed by atoms with Crippen LogP contribution in [0.1, 0.15) is 0 Å². The number of rotatable bonds is 0. The van der Waals surface area contributed by atoms with Crippen LogP contribution >= 0.6 is 61.1 Å². The Labute approximate surface area is 158 Å². The molecule has 4 aromatic carbocycles. The summed E-state index contributed by atoms with van der Waals surface area (Å²) in [5, 5.41) is 7.96. The molecule has 0 bridgehead atoms. The van der Waals surface area contributed by atoms with Gasteiger partial charge in [-0.2, -0.15) is 0 Å². The van der Waals surface area contributed by atoms with Crippen molar-refractivity contribution in [1.29, 1.82) is 0 Å². The maximum atomic E-state index is 3.71. The number of fused-ring (bicyclic) bond motifs is 4. The van der Waals surface area contributed by atoms with Crippen LogP contribution in [-0.2, 0) is 0 Å². The van der Waals surface area contributed by atoms with Gasteiger partial charge < -0.3 is 0 Å². The molecule has 0 aliphatic carbocycles. The summed E-state index contributed by atoms with van der Waals surface area (Å²) in [6.45, 7) is 0. The van der Waals surface area contributed by atoms with Gasteiger partial charge in [0.25, 0.3) is 0 Å². The molecule has 0 fully saturated rings. The molecule has 21 heavy (non-hydrogen) atoms. The van der Waals surface area contributed by atoms with E-state index in [9.17, 15) is 0 Å². The van der Waals surface area contributed by atoms with E-state index in [4.69, 9.17) is 0 Å². The molecule has 4 rings (SSSR count). The standard InChI is InChI=1S/C18H9BrI2/c19-14-7-3-6-12-16(14)18(21)13-9-8-10-4-1-2-5-11(10)15(13)17(12)20/h1-9H. The molecule has 4 aromatic rings. The lowest BCUT2D eigenvalue weighted by Gasteiger charge is -2.13. The Bertz CT molecular complexity index is 1020. The smallest absolute Gasteiger partial charge is 0.0299 e. The van der Waals surface area contributed by atoms with Gasteiger partial charge in [-0.3, -0.25) is 0 Å². The third kappa shape index (κ3) is 2.11. The van der Waals surface area contributed by atoms with E-state index in [1.165, 1.54) is 39.5 Å². The van der Waals surface area contributed by atoms with Crippen molar-refractivity contribution in [3.63, 3.8) is 0 Å². The van der Waals surface area contributed by atoms with Crippen LogP contribution in [0.5, 0.6) is 0 Å². The first-order valence-corrected chi connectivity index (χ1v) is 9.50. The highest BCUT2D eigenvalue weighted by Gasteiger charge is 2.14. The monoisotopic (exact) mass is 558 g/mol. The molecule has 0 aromatic heterocycles. The fourth-order valence-electron chi connectivity index (χ4n) is 2.89. The minimum atomic E-state index is 1.16. The summed E-state index contributed by atoms with van der Waals surface area (Å²) in [5.74, 6) is 0. The van der Waals surface area contributed by atoms with Crippen LogP contribution in [-0.4, -0.2) is 0 Å². The summed E-state index contributed by atoms with van der Waals surface area (Å²) in [7, 11) is 0. The molecule has 0 saturated carbocycles. The highest BCUT2D eigenvalue weighted by Crippen LogP contribution is 2.40. The Balaban J connectivity index is 2.38. The van der Waals surface area contributed by atoms with Gasteiger partial charge in [0, 0.05) is 22.4 Å². The van der Waals surface area contributed by atoms with Gasteiger partial charge in [-0.1, -0.05) is 64.5 Å². The average molecular weight is 559 g/mol. The summed E-state index contributed by atoms with van der Waals surface area (Å²) >= 11 is 8.68. The lowest BCUT2D eigenvalue weighted by atomic mass is 9.98. The molecule has 0 radical (unpaired) electrons. The van der Waals surface area contributed by atoms with Crippen LogP contribution in [0, 0.1) is 7.14 Å². The van der Waals surface area contributed by atoms with Gasteiger partial charge in [0.05, 0.1) is 0 Å². The van der Waals surface area contributed by atoms with Crippen LogP contribution in [0.3, 0.4) is 0 Å². The molecular formula is C18H9BrI2. The Morgan fingerprint density at radius 1 is 0.619 bits per heavy atom. The zero-order valence-corrected chi connectivity index (χ0v) is 16.7. The fourth-order valence-corrected chi connectivity index (χ4v) is 5.89. The summed E-state index contributed by atoms with van der Waals surface area (Å²) in [4.78, 5) is 0. The lowest BCUT2D eigenvalue weighted by molar-refractivity contribution is 1.69. The molecule has 0 spiro atoms. The van der Waals surface area contributed by atoms with Gasteiger partial charge in [-0.15, -0.1) is 0 Å². The first kappa shape index (κ1) is 14.2. The van der Waals surface area contributed by atoms with Crippen molar-refractivity contribution in [2.45, 2.75) is 0 Å². The predicted octanol–water partition coefficient (Wildman–Crippen LogP) is 7.12. The minimum absolute atomic E-state index is 1.16. The van der Waals surface area contributed by atoms with Crippen molar-refractivity contribution >= 4 is 93.4 Å². The van der Waals surface area contributed by atoms with Gasteiger partial charge >= 0.3 is 0 Å². The van der Waals surface area contributed by atoms with E-state index in [1.807, 2.05) is 0 Å². The molecule has 0 amide bonds. The number of hydrogen-bond donors (Lipinski definition) is 0. The Hall–Kier alpha value is -0.400. The van der Waals surface area contributed by atoms with E-state index in [0.29, 0.717) is 0 Å². The molecular weight excluding hydrogens is 550 g/mol. The van der Waals surface area contributed by atoms with Crippen LogP contribution in [0.2, 0.25) is 0 Å². The zero-order valence-electron chi connectivity index (χ0n) is 10.8. The van der Waals surface area contributed by atoms with E-state index in [1.54, 1.807) is 0 Å². The van der Waals surface area contributed by atoms with Crippen molar-refractivity contribution in [3.05, 3.63) is 66.2 Å². The second-order valence-corrected chi connectivity index (χ2v) is 8.01. The van der Waals surface area contributed by atoms with Crippen LogP contribution in [0.25, 0.3) is 32.3 Å². The van der Waals surface area contributed by atoms with Crippen molar-refractivity contribution in [1.82, 2.24) is 0 Å². The largest absolute Gasteiger partial charge is 0.0616 e. The third-order valence-corrected chi connectivity index (χ3v) is 6.76. The SMILES string of the molecule is Brc1cccc2c(I)c3c(ccc4ccccc43)c(I)c12. The quantitative estimate of drug-likeness (QED) is 0.122. The molecule has 0 unspecified atom stereocenters. The lowest BCUT2D eigenvalue weighted by Crippen LogP contribution is -1.90. The molecule has 0 saturated heterocycles.